The van der Waals surface area contributed by atoms with Crippen molar-refractivity contribution in [2.24, 2.45) is 5.92 Å². The summed E-state index contributed by atoms with van der Waals surface area (Å²) in [5.41, 5.74) is 0. The van der Waals surface area contributed by atoms with Gasteiger partial charge in [-0.25, -0.2) is 8.78 Å². The van der Waals surface area contributed by atoms with Crippen molar-refractivity contribution in [3.8, 4) is 0 Å². The second-order valence-electron chi connectivity index (χ2n) is 4.17. The molecule has 102 valence electrons. The number of nitrogens with one attached hydrogen (secondary N) is 2. The standard InChI is InChI=1S/C9H19F2N3O2S/c1-12-5-8-3-2-4-14(7-8)17(15,16)13-6-9(10)11/h8-9,12-13H,2-7H2,1H3. The highest BCUT2D eigenvalue weighted by molar-refractivity contribution is 7.87. The third-order valence-corrected chi connectivity index (χ3v) is 4.28. The second kappa shape index (κ2) is 6.58. The molecule has 0 aromatic rings. The fourth-order valence-electron chi connectivity index (χ4n) is 1.96. The highest BCUT2D eigenvalue weighted by Gasteiger charge is 2.28. The Morgan fingerprint density at radius 2 is 2.18 bits per heavy atom. The minimum Gasteiger partial charge on any atom is -0.319 e. The van der Waals surface area contributed by atoms with E-state index in [4.69, 9.17) is 0 Å². The number of hydrogen-bond acceptors (Lipinski definition) is 3. The van der Waals surface area contributed by atoms with E-state index >= 15 is 0 Å². The Bertz CT molecular complexity index is 322. The fourth-order valence-corrected chi connectivity index (χ4v) is 3.26. The van der Waals surface area contributed by atoms with E-state index in [9.17, 15) is 17.2 Å². The molecule has 0 spiro atoms. The number of hydrogen-bond donors (Lipinski definition) is 2. The Kier molecular flexibility index (Phi) is 5.71. The van der Waals surface area contributed by atoms with Gasteiger partial charge in [-0.2, -0.15) is 17.4 Å². The summed E-state index contributed by atoms with van der Waals surface area (Å²) >= 11 is 0. The molecule has 1 fully saturated rings. The fraction of sp³-hybridized carbons (Fsp3) is 1.00. The number of piperidine rings is 1. The van der Waals surface area contributed by atoms with Crippen LogP contribution in [0.5, 0.6) is 0 Å². The van der Waals surface area contributed by atoms with Gasteiger partial charge in [-0.15, -0.1) is 0 Å². The zero-order valence-corrected chi connectivity index (χ0v) is 10.6. The van der Waals surface area contributed by atoms with Gasteiger partial charge in [0, 0.05) is 13.1 Å². The van der Waals surface area contributed by atoms with Crippen molar-refractivity contribution in [3.63, 3.8) is 0 Å². The summed E-state index contributed by atoms with van der Waals surface area (Å²) < 4.78 is 50.5. The summed E-state index contributed by atoms with van der Waals surface area (Å²) in [6, 6.07) is 0. The third-order valence-electron chi connectivity index (χ3n) is 2.73. The Hall–Kier alpha value is -0.310. The van der Waals surface area contributed by atoms with Crippen LogP contribution >= 0.6 is 0 Å². The summed E-state index contributed by atoms with van der Waals surface area (Å²) in [6.07, 6.45) is -0.938. The lowest BCUT2D eigenvalue weighted by Gasteiger charge is -2.31. The van der Waals surface area contributed by atoms with E-state index in [1.54, 1.807) is 0 Å². The van der Waals surface area contributed by atoms with Gasteiger partial charge in [0.1, 0.15) is 0 Å². The first-order valence-electron chi connectivity index (χ1n) is 5.63. The van der Waals surface area contributed by atoms with E-state index in [2.05, 4.69) is 5.32 Å². The molecule has 0 aromatic heterocycles. The molecule has 1 rings (SSSR count). The van der Waals surface area contributed by atoms with Crippen LogP contribution in [-0.2, 0) is 10.2 Å². The predicted octanol–water partition coefficient (Wildman–Crippen LogP) is 0.0173. The molecule has 0 saturated carbocycles. The van der Waals surface area contributed by atoms with Gasteiger partial charge in [0.15, 0.2) is 0 Å². The Morgan fingerprint density at radius 1 is 1.47 bits per heavy atom. The molecule has 1 saturated heterocycles. The van der Waals surface area contributed by atoms with Crippen molar-refractivity contribution in [2.45, 2.75) is 19.3 Å². The largest absolute Gasteiger partial charge is 0.319 e. The monoisotopic (exact) mass is 271 g/mol. The smallest absolute Gasteiger partial charge is 0.279 e. The normalized spacial score (nSPS) is 23.2. The molecule has 1 aliphatic heterocycles. The number of halogens is 2. The zero-order chi connectivity index (χ0) is 12.9. The van der Waals surface area contributed by atoms with E-state index in [1.807, 2.05) is 11.8 Å². The van der Waals surface area contributed by atoms with Crippen LogP contribution in [0.15, 0.2) is 0 Å². The van der Waals surface area contributed by atoms with Gasteiger partial charge in [0.25, 0.3) is 16.6 Å². The number of alkyl halides is 2. The van der Waals surface area contributed by atoms with Crippen LogP contribution in [0.4, 0.5) is 8.78 Å². The second-order valence-corrected chi connectivity index (χ2v) is 5.92. The minimum atomic E-state index is -3.75. The van der Waals surface area contributed by atoms with Crippen molar-refractivity contribution in [1.82, 2.24) is 14.3 Å². The van der Waals surface area contributed by atoms with Crippen molar-refractivity contribution in [1.29, 1.82) is 0 Å². The van der Waals surface area contributed by atoms with Gasteiger partial charge in [-0.3, -0.25) is 0 Å². The quantitative estimate of drug-likeness (QED) is 0.716. The lowest BCUT2D eigenvalue weighted by molar-refractivity contribution is 0.151. The van der Waals surface area contributed by atoms with Gasteiger partial charge < -0.3 is 5.32 Å². The summed E-state index contributed by atoms with van der Waals surface area (Å²) in [6.45, 7) is 0.703. The van der Waals surface area contributed by atoms with Crippen LogP contribution in [0.2, 0.25) is 0 Å². The average molecular weight is 271 g/mol. The lowest BCUT2D eigenvalue weighted by Crippen LogP contribution is -2.48. The molecule has 0 aliphatic carbocycles. The molecular weight excluding hydrogens is 252 g/mol. The van der Waals surface area contributed by atoms with E-state index in [1.165, 1.54) is 4.31 Å². The first-order valence-corrected chi connectivity index (χ1v) is 7.07. The van der Waals surface area contributed by atoms with E-state index < -0.39 is 23.2 Å². The van der Waals surface area contributed by atoms with Crippen LogP contribution in [0.3, 0.4) is 0 Å². The molecule has 0 amide bonds. The van der Waals surface area contributed by atoms with E-state index in [0.717, 1.165) is 19.4 Å². The van der Waals surface area contributed by atoms with Gasteiger partial charge in [-0.1, -0.05) is 0 Å². The molecular formula is C9H19F2N3O2S. The van der Waals surface area contributed by atoms with Crippen molar-refractivity contribution in [3.05, 3.63) is 0 Å². The molecule has 1 atom stereocenters. The van der Waals surface area contributed by atoms with Crippen LogP contribution in [-0.4, -0.2) is 52.4 Å². The summed E-state index contributed by atoms with van der Waals surface area (Å²) in [4.78, 5) is 0. The van der Waals surface area contributed by atoms with Crippen LogP contribution in [0.25, 0.3) is 0 Å². The van der Waals surface area contributed by atoms with Gasteiger partial charge in [0.05, 0.1) is 6.54 Å². The topological polar surface area (TPSA) is 61.4 Å². The molecule has 8 heteroatoms. The third kappa shape index (κ3) is 4.82. The molecule has 0 radical (unpaired) electrons. The highest BCUT2D eigenvalue weighted by Crippen LogP contribution is 2.17. The Balaban J connectivity index is 2.52. The average Bonchev–Trinajstić information content (AvgIpc) is 2.27. The minimum absolute atomic E-state index is 0.247. The Labute approximate surface area is 101 Å². The van der Waals surface area contributed by atoms with Crippen molar-refractivity contribution in [2.75, 3.05) is 33.2 Å². The molecule has 1 aliphatic rings. The SMILES string of the molecule is CNCC1CCCN(S(=O)(=O)NCC(F)F)C1. The maximum atomic E-state index is 12.0. The van der Waals surface area contributed by atoms with E-state index in [-0.39, 0.29) is 5.92 Å². The molecule has 5 nitrogen and oxygen atoms in total. The summed E-state index contributed by atoms with van der Waals surface area (Å²) in [5, 5.41) is 3.00. The van der Waals surface area contributed by atoms with E-state index in [0.29, 0.717) is 13.1 Å². The maximum Gasteiger partial charge on any atom is 0.279 e. The first kappa shape index (κ1) is 14.7. The summed E-state index contributed by atoms with van der Waals surface area (Å²) in [7, 11) is -1.95. The van der Waals surface area contributed by atoms with Gasteiger partial charge in [-0.05, 0) is 32.4 Å². The molecule has 17 heavy (non-hydrogen) atoms. The number of nitrogens with zero attached hydrogens (tertiary/aromatic N) is 1. The predicted molar refractivity (Wildman–Crippen MR) is 61.2 cm³/mol. The molecule has 1 unspecified atom stereocenters. The molecule has 0 bridgehead atoms. The summed E-state index contributed by atoms with van der Waals surface area (Å²) in [5.74, 6) is 0.247. The van der Waals surface area contributed by atoms with Crippen molar-refractivity contribution >= 4 is 10.2 Å². The first-order chi connectivity index (χ1) is 7.95. The highest BCUT2D eigenvalue weighted by atomic mass is 32.2. The molecule has 0 aromatic carbocycles. The molecule has 1 heterocycles. The van der Waals surface area contributed by atoms with Crippen LogP contribution in [0, 0.1) is 5.92 Å². The number of rotatable bonds is 6. The van der Waals surface area contributed by atoms with Crippen LogP contribution in [0.1, 0.15) is 12.8 Å². The van der Waals surface area contributed by atoms with Crippen molar-refractivity contribution < 1.29 is 17.2 Å². The molecule has 2 N–H and O–H groups in total. The lowest BCUT2D eigenvalue weighted by atomic mass is 10.00. The van der Waals surface area contributed by atoms with Gasteiger partial charge >= 0.3 is 0 Å². The van der Waals surface area contributed by atoms with Crippen LogP contribution < -0.4 is 10.0 Å². The Morgan fingerprint density at radius 3 is 2.76 bits per heavy atom. The van der Waals surface area contributed by atoms with Gasteiger partial charge in [0.2, 0.25) is 0 Å². The zero-order valence-electron chi connectivity index (χ0n) is 9.83. The maximum absolute atomic E-state index is 12.0.